The van der Waals surface area contributed by atoms with Gasteiger partial charge in [0.05, 0.1) is 0 Å². The van der Waals surface area contributed by atoms with E-state index in [-0.39, 0.29) is 17.9 Å². The summed E-state index contributed by atoms with van der Waals surface area (Å²) in [6.45, 7) is 6.83. The molecule has 0 aliphatic carbocycles. The van der Waals surface area contributed by atoms with Crippen LogP contribution in [0.25, 0.3) is 0 Å². The predicted octanol–water partition coefficient (Wildman–Crippen LogP) is -0.115. The molecule has 0 aromatic carbocycles. The van der Waals surface area contributed by atoms with Crippen LogP contribution >= 0.6 is 0 Å². The van der Waals surface area contributed by atoms with E-state index in [4.69, 9.17) is 0 Å². The molecule has 1 aromatic heterocycles. The minimum atomic E-state index is -0.654. The maximum Gasteiger partial charge on any atom is 0.355 e. The topological polar surface area (TPSA) is 88.1 Å². The Morgan fingerprint density at radius 3 is 2.41 bits per heavy atom. The molecule has 1 amide bonds. The molecule has 0 saturated carbocycles. The fourth-order valence-electron chi connectivity index (χ4n) is 1.52. The number of aromatic amines is 1. The van der Waals surface area contributed by atoms with Crippen molar-refractivity contribution in [1.29, 1.82) is 0 Å². The Balaban J connectivity index is 3.37. The van der Waals surface area contributed by atoms with Gasteiger partial charge in [0.15, 0.2) is 0 Å². The number of hydrogen-bond acceptors (Lipinski definition) is 4. The van der Waals surface area contributed by atoms with Crippen LogP contribution in [0.4, 0.5) is 5.95 Å². The van der Waals surface area contributed by atoms with Gasteiger partial charge in [0, 0.05) is 19.5 Å². The fourth-order valence-corrected chi connectivity index (χ4v) is 1.52. The number of amides is 1. The first kappa shape index (κ1) is 13.1. The van der Waals surface area contributed by atoms with Gasteiger partial charge in [-0.05, 0) is 20.8 Å². The zero-order valence-electron chi connectivity index (χ0n) is 10.4. The van der Waals surface area contributed by atoms with Crippen LogP contribution in [0.15, 0.2) is 9.59 Å². The van der Waals surface area contributed by atoms with Gasteiger partial charge in [0.25, 0.3) is 0 Å². The first-order chi connectivity index (χ1) is 7.88. The van der Waals surface area contributed by atoms with E-state index in [2.05, 4.69) is 9.97 Å². The molecule has 0 fully saturated rings. The number of carbonyl (C=O) groups excluding carboxylic acids is 1. The van der Waals surface area contributed by atoms with E-state index < -0.39 is 11.4 Å². The smallest absolute Gasteiger partial charge is 0.283 e. The monoisotopic (exact) mass is 240 g/mol. The third-order valence-electron chi connectivity index (χ3n) is 2.31. The standard InChI is InChI=1S/C10H16N4O3/c1-5-13(7(4)15)8-11-9(16)14(6(2)3)10(17)12-8/h6H,5H2,1-4H3,(H,11,12,16,17). The minimum Gasteiger partial charge on any atom is -0.283 e. The highest BCUT2D eigenvalue weighted by atomic mass is 16.2. The number of carbonyl (C=O) groups is 1. The lowest BCUT2D eigenvalue weighted by atomic mass is 10.4. The van der Waals surface area contributed by atoms with Crippen LogP contribution in [0.3, 0.4) is 0 Å². The maximum absolute atomic E-state index is 11.7. The van der Waals surface area contributed by atoms with Crippen molar-refractivity contribution in [3.05, 3.63) is 21.0 Å². The van der Waals surface area contributed by atoms with Gasteiger partial charge in [-0.15, -0.1) is 0 Å². The summed E-state index contributed by atoms with van der Waals surface area (Å²) in [6, 6.07) is -0.278. The molecule has 7 heteroatoms. The lowest BCUT2D eigenvalue weighted by Gasteiger charge is -2.17. The van der Waals surface area contributed by atoms with Crippen LogP contribution in [0, 0.1) is 0 Å². The molecule has 0 unspecified atom stereocenters. The van der Waals surface area contributed by atoms with Gasteiger partial charge in [-0.2, -0.15) is 4.98 Å². The number of anilines is 1. The van der Waals surface area contributed by atoms with Crippen LogP contribution < -0.4 is 16.3 Å². The Labute approximate surface area is 98.1 Å². The number of hydrogen-bond donors (Lipinski definition) is 1. The second kappa shape index (κ2) is 4.94. The molecule has 0 saturated heterocycles. The molecule has 0 spiro atoms. The first-order valence-electron chi connectivity index (χ1n) is 5.39. The van der Waals surface area contributed by atoms with Gasteiger partial charge in [0.1, 0.15) is 0 Å². The summed E-state index contributed by atoms with van der Waals surface area (Å²) in [5.41, 5.74) is -1.21. The normalized spacial score (nSPS) is 10.6. The molecule has 1 heterocycles. The Kier molecular flexibility index (Phi) is 3.82. The van der Waals surface area contributed by atoms with E-state index in [0.29, 0.717) is 6.54 Å². The van der Waals surface area contributed by atoms with Crippen LogP contribution in [0.1, 0.15) is 33.7 Å². The van der Waals surface area contributed by atoms with E-state index in [1.54, 1.807) is 20.8 Å². The van der Waals surface area contributed by atoms with Gasteiger partial charge in [-0.1, -0.05) is 0 Å². The third-order valence-corrected chi connectivity index (χ3v) is 2.31. The van der Waals surface area contributed by atoms with Crippen molar-refractivity contribution in [2.75, 3.05) is 11.4 Å². The van der Waals surface area contributed by atoms with E-state index >= 15 is 0 Å². The molecule has 94 valence electrons. The van der Waals surface area contributed by atoms with E-state index in [1.165, 1.54) is 11.8 Å². The zero-order chi connectivity index (χ0) is 13.2. The minimum absolute atomic E-state index is 0.00750. The maximum atomic E-state index is 11.7. The van der Waals surface area contributed by atoms with Gasteiger partial charge in [-0.3, -0.25) is 14.7 Å². The predicted molar refractivity (Wildman–Crippen MR) is 63.2 cm³/mol. The zero-order valence-corrected chi connectivity index (χ0v) is 10.4. The lowest BCUT2D eigenvalue weighted by molar-refractivity contribution is -0.116. The highest BCUT2D eigenvalue weighted by Crippen LogP contribution is 2.02. The molecule has 0 aliphatic heterocycles. The number of nitrogens with zero attached hydrogens (tertiary/aromatic N) is 3. The van der Waals surface area contributed by atoms with Gasteiger partial charge < -0.3 is 0 Å². The first-order valence-corrected chi connectivity index (χ1v) is 5.39. The molecule has 0 atom stereocenters. The average molecular weight is 240 g/mol. The molecule has 1 rings (SSSR count). The molecule has 1 N–H and O–H groups in total. The largest absolute Gasteiger partial charge is 0.355 e. The van der Waals surface area contributed by atoms with Crippen LogP contribution in [0.2, 0.25) is 0 Å². The Morgan fingerprint density at radius 2 is 2.06 bits per heavy atom. The fraction of sp³-hybridized carbons (Fsp3) is 0.600. The number of aromatic nitrogens is 3. The van der Waals surface area contributed by atoms with Crippen LogP contribution in [-0.2, 0) is 4.79 Å². The van der Waals surface area contributed by atoms with Gasteiger partial charge in [-0.25, -0.2) is 14.2 Å². The number of rotatable bonds is 3. The molecule has 0 aliphatic rings. The molecular formula is C10H16N4O3. The van der Waals surface area contributed by atoms with Crippen molar-refractivity contribution < 1.29 is 4.79 Å². The van der Waals surface area contributed by atoms with Crippen molar-refractivity contribution in [1.82, 2.24) is 14.5 Å². The van der Waals surface area contributed by atoms with Crippen molar-refractivity contribution >= 4 is 11.9 Å². The summed E-state index contributed by atoms with van der Waals surface area (Å²) in [5, 5.41) is 0. The Bertz CT molecular complexity index is 498. The molecule has 1 aromatic rings. The highest BCUT2D eigenvalue weighted by Gasteiger charge is 2.15. The molecular weight excluding hydrogens is 224 g/mol. The lowest BCUT2D eigenvalue weighted by Crippen LogP contribution is -2.42. The second-order valence-electron chi connectivity index (χ2n) is 3.88. The number of nitrogens with one attached hydrogen (secondary N) is 1. The summed E-state index contributed by atoms with van der Waals surface area (Å²) in [4.78, 5) is 42.0. The number of H-pyrrole nitrogens is 1. The summed E-state index contributed by atoms with van der Waals surface area (Å²) in [6.07, 6.45) is 0. The van der Waals surface area contributed by atoms with Gasteiger partial charge in [0.2, 0.25) is 11.9 Å². The molecule has 17 heavy (non-hydrogen) atoms. The summed E-state index contributed by atoms with van der Waals surface area (Å²) in [7, 11) is 0. The summed E-state index contributed by atoms with van der Waals surface area (Å²) in [5.74, 6) is -0.288. The van der Waals surface area contributed by atoms with Crippen molar-refractivity contribution in [3.63, 3.8) is 0 Å². The summed E-state index contributed by atoms with van der Waals surface area (Å²) < 4.78 is 0.997. The second-order valence-corrected chi connectivity index (χ2v) is 3.88. The average Bonchev–Trinajstić information content (AvgIpc) is 2.15. The van der Waals surface area contributed by atoms with Crippen LogP contribution in [0.5, 0.6) is 0 Å². The third kappa shape index (κ3) is 2.61. The molecule has 7 nitrogen and oxygen atoms in total. The molecule has 0 radical (unpaired) electrons. The SMILES string of the molecule is CCN(C(C)=O)c1nc(=O)n(C(C)C)c(=O)[nH]1. The van der Waals surface area contributed by atoms with E-state index in [0.717, 1.165) is 4.57 Å². The Morgan fingerprint density at radius 1 is 1.47 bits per heavy atom. The highest BCUT2D eigenvalue weighted by molar-refractivity contribution is 5.89. The Hall–Kier alpha value is -1.92. The van der Waals surface area contributed by atoms with Crippen molar-refractivity contribution in [2.45, 2.75) is 33.7 Å². The van der Waals surface area contributed by atoms with Crippen molar-refractivity contribution in [3.8, 4) is 0 Å². The van der Waals surface area contributed by atoms with E-state index in [9.17, 15) is 14.4 Å². The van der Waals surface area contributed by atoms with Crippen molar-refractivity contribution in [2.24, 2.45) is 0 Å². The van der Waals surface area contributed by atoms with Crippen LogP contribution in [-0.4, -0.2) is 27.0 Å². The molecule has 0 bridgehead atoms. The van der Waals surface area contributed by atoms with E-state index in [1.807, 2.05) is 0 Å². The summed E-state index contributed by atoms with van der Waals surface area (Å²) >= 11 is 0. The quantitative estimate of drug-likeness (QED) is 0.798. The van der Waals surface area contributed by atoms with Gasteiger partial charge >= 0.3 is 11.4 Å².